The van der Waals surface area contributed by atoms with Gasteiger partial charge in [-0.05, 0) is 43.4 Å². The van der Waals surface area contributed by atoms with Crippen LogP contribution in [0.25, 0.3) is 0 Å². The third-order valence-corrected chi connectivity index (χ3v) is 9.73. The summed E-state index contributed by atoms with van der Waals surface area (Å²) in [5.74, 6) is -4.97. The fraction of sp³-hybridized carbons (Fsp3) is 0.500. The predicted molar refractivity (Wildman–Crippen MR) is 128 cm³/mol. The van der Waals surface area contributed by atoms with Crippen molar-refractivity contribution in [3.05, 3.63) is 34.4 Å². The average molecular weight is 542 g/mol. The molecule has 8 nitrogen and oxygen atoms in total. The van der Waals surface area contributed by atoms with Gasteiger partial charge in [-0.2, -0.15) is 0 Å². The molecular weight excluding hydrogens is 519 g/mol. The number of carbonyl (C=O) groups excluding carboxylic acids is 4. The second-order valence-electron chi connectivity index (χ2n) is 9.47. The molecule has 1 N–H and O–H groups in total. The Labute approximate surface area is 216 Å². The van der Waals surface area contributed by atoms with E-state index in [1.165, 1.54) is 31.2 Å². The number of methoxy groups -OCH3 is 1. The fourth-order valence-corrected chi connectivity index (χ4v) is 7.65. The first-order chi connectivity index (χ1) is 16.4. The van der Waals surface area contributed by atoms with Gasteiger partial charge in [0.05, 0.1) is 24.0 Å². The lowest BCUT2D eigenvalue weighted by Crippen LogP contribution is -2.60. The number of aromatic hydroxyl groups is 1. The molecule has 1 aromatic rings. The van der Waals surface area contributed by atoms with E-state index in [0.29, 0.717) is 11.1 Å². The Hall–Kier alpha value is -2.29. The lowest BCUT2D eigenvalue weighted by Gasteiger charge is -2.50. The smallest absolute Gasteiger partial charge is 0.253 e. The Bertz CT molecular complexity index is 1230. The zero-order valence-corrected chi connectivity index (χ0v) is 21.4. The number of ether oxygens (including phenoxy) is 1. The predicted octanol–water partition coefficient (Wildman–Crippen LogP) is 3.06. The first kappa shape index (κ1) is 24.4. The summed E-state index contributed by atoms with van der Waals surface area (Å²) in [4.78, 5) is 51.5. The molecule has 6 atom stereocenters. The first-order valence-electron chi connectivity index (χ1n) is 11.3. The number of hydrogen-bond donors (Lipinski definition) is 1. The molecule has 0 bridgehead atoms. The van der Waals surface area contributed by atoms with E-state index in [4.69, 9.17) is 39.5 Å². The highest BCUT2D eigenvalue weighted by molar-refractivity contribution is 6.53. The van der Waals surface area contributed by atoms with E-state index in [1.807, 2.05) is 6.08 Å². The summed E-state index contributed by atoms with van der Waals surface area (Å²) in [5.41, 5.74) is 1.05. The largest absolute Gasteiger partial charge is 0.503 e. The molecule has 2 heterocycles. The van der Waals surface area contributed by atoms with E-state index >= 15 is 0 Å². The van der Waals surface area contributed by atoms with Gasteiger partial charge in [-0.15, -0.1) is 23.2 Å². The number of carbonyl (C=O) groups is 4. The molecule has 0 radical (unpaired) electrons. The van der Waals surface area contributed by atoms with Crippen LogP contribution in [0.4, 0.5) is 0 Å². The molecule has 3 fully saturated rings. The van der Waals surface area contributed by atoms with Crippen LogP contribution in [0, 0.1) is 17.8 Å². The van der Waals surface area contributed by atoms with E-state index in [0.717, 1.165) is 4.90 Å². The van der Waals surface area contributed by atoms with Crippen LogP contribution in [0.3, 0.4) is 0 Å². The van der Waals surface area contributed by atoms with Crippen LogP contribution < -0.4 is 4.74 Å². The SMILES string of the molecule is CCN1C(=O)C2CC=C3C(CC4(Cl)C(=O)N(C)C(=O)C4(Cl)C3c3cc(Cl)c(O)c(OC)c3)C2C1=O. The van der Waals surface area contributed by atoms with Crippen molar-refractivity contribution in [2.45, 2.75) is 35.4 Å². The quantitative estimate of drug-likeness (QED) is 0.358. The van der Waals surface area contributed by atoms with Crippen LogP contribution in [0.15, 0.2) is 23.8 Å². The molecule has 2 aliphatic heterocycles. The lowest BCUT2D eigenvalue weighted by atomic mass is 9.56. The zero-order valence-electron chi connectivity index (χ0n) is 19.2. The van der Waals surface area contributed by atoms with Gasteiger partial charge in [0.2, 0.25) is 11.8 Å². The summed E-state index contributed by atoms with van der Waals surface area (Å²) in [5, 5.41) is 10.3. The maximum absolute atomic E-state index is 13.5. The number of phenols is 1. The van der Waals surface area contributed by atoms with Gasteiger partial charge in [-0.25, -0.2) is 0 Å². The number of imide groups is 2. The highest BCUT2D eigenvalue weighted by atomic mass is 35.5. The number of likely N-dealkylation sites (tertiary alicyclic amines) is 2. The minimum atomic E-state index is -1.92. The van der Waals surface area contributed by atoms with E-state index in [-0.39, 0.29) is 47.7 Å². The van der Waals surface area contributed by atoms with Gasteiger partial charge < -0.3 is 9.84 Å². The second kappa shape index (κ2) is 7.85. The monoisotopic (exact) mass is 540 g/mol. The molecule has 4 amide bonds. The summed E-state index contributed by atoms with van der Waals surface area (Å²) in [6, 6.07) is 2.95. The van der Waals surface area contributed by atoms with Crippen LogP contribution in [0.5, 0.6) is 11.5 Å². The molecule has 11 heteroatoms. The van der Waals surface area contributed by atoms with Gasteiger partial charge >= 0.3 is 0 Å². The van der Waals surface area contributed by atoms with Crippen molar-refractivity contribution in [2.24, 2.45) is 17.8 Å². The number of halogens is 3. The Balaban J connectivity index is 1.76. The van der Waals surface area contributed by atoms with Gasteiger partial charge in [0.1, 0.15) is 0 Å². The standard InChI is InChI=1S/C24H23Cl3N2O6/c1-4-29-19(31)12-6-5-11-13(16(12)20(29)32)9-23(26)21(33)28(2)22(34)24(23,27)17(11)10-7-14(25)18(30)15(8-10)35-3/h5,7-8,12-13,16-17,30H,4,6,9H2,1-3H3. The molecule has 5 rings (SSSR count). The Morgan fingerprint density at radius 3 is 2.43 bits per heavy atom. The van der Waals surface area contributed by atoms with Gasteiger partial charge in [0.25, 0.3) is 11.8 Å². The number of hydrogen-bond acceptors (Lipinski definition) is 6. The number of nitrogens with zero attached hydrogens (tertiary/aromatic N) is 2. The van der Waals surface area contributed by atoms with Crippen LogP contribution in [-0.2, 0) is 19.2 Å². The summed E-state index contributed by atoms with van der Waals surface area (Å²) in [7, 11) is 2.67. The van der Waals surface area contributed by atoms with E-state index in [2.05, 4.69) is 0 Å². The van der Waals surface area contributed by atoms with Crippen molar-refractivity contribution in [3.63, 3.8) is 0 Å². The fourth-order valence-electron chi connectivity index (χ4n) is 6.41. The maximum Gasteiger partial charge on any atom is 0.253 e. The normalized spacial score (nSPS) is 36.2. The third kappa shape index (κ3) is 2.87. The molecule has 186 valence electrons. The number of rotatable bonds is 3. The number of benzene rings is 1. The molecular formula is C24H23Cl3N2O6. The van der Waals surface area contributed by atoms with Crippen LogP contribution in [0.2, 0.25) is 5.02 Å². The Kier molecular flexibility index (Phi) is 5.48. The van der Waals surface area contributed by atoms with Gasteiger partial charge in [0.15, 0.2) is 21.2 Å². The minimum absolute atomic E-state index is 0.0365. The van der Waals surface area contributed by atoms with E-state index in [9.17, 15) is 24.3 Å². The summed E-state index contributed by atoms with van der Waals surface area (Å²) in [6.07, 6.45) is 2.05. The van der Waals surface area contributed by atoms with Crippen molar-refractivity contribution in [2.75, 3.05) is 20.7 Å². The zero-order chi connectivity index (χ0) is 25.6. The number of phenolic OH excluding ortho intramolecular Hbond substituents is 1. The number of fused-ring (bicyclic) bond motifs is 4. The second-order valence-corrected chi connectivity index (χ2v) is 11.1. The molecule has 1 saturated carbocycles. The van der Waals surface area contributed by atoms with Crippen molar-refractivity contribution in [3.8, 4) is 11.5 Å². The summed E-state index contributed by atoms with van der Waals surface area (Å²) in [6.45, 7) is 1.98. The minimum Gasteiger partial charge on any atom is -0.503 e. The van der Waals surface area contributed by atoms with E-state index < -0.39 is 45.2 Å². The van der Waals surface area contributed by atoms with E-state index in [1.54, 1.807) is 6.92 Å². The average Bonchev–Trinajstić information content (AvgIpc) is 3.15. The molecule has 0 spiro atoms. The van der Waals surface area contributed by atoms with Gasteiger partial charge in [-0.1, -0.05) is 23.3 Å². The van der Waals surface area contributed by atoms with Crippen molar-refractivity contribution >= 4 is 58.4 Å². The van der Waals surface area contributed by atoms with Crippen molar-refractivity contribution < 1.29 is 29.0 Å². The highest BCUT2D eigenvalue weighted by Gasteiger charge is 2.75. The molecule has 4 aliphatic rings. The molecule has 2 saturated heterocycles. The highest BCUT2D eigenvalue weighted by Crippen LogP contribution is 2.65. The topological polar surface area (TPSA) is 104 Å². The van der Waals surface area contributed by atoms with Crippen molar-refractivity contribution in [1.82, 2.24) is 9.80 Å². The first-order valence-corrected chi connectivity index (χ1v) is 12.4. The number of alkyl halides is 2. The molecule has 0 aromatic heterocycles. The molecule has 1 aromatic carbocycles. The van der Waals surface area contributed by atoms with Gasteiger partial charge in [0, 0.05) is 19.5 Å². The van der Waals surface area contributed by atoms with Gasteiger partial charge in [-0.3, -0.25) is 29.0 Å². The lowest BCUT2D eigenvalue weighted by molar-refractivity contribution is -0.141. The van der Waals surface area contributed by atoms with Crippen molar-refractivity contribution in [1.29, 1.82) is 0 Å². The Morgan fingerprint density at radius 2 is 1.80 bits per heavy atom. The van der Waals surface area contributed by atoms with Crippen LogP contribution in [0.1, 0.15) is 31.2 Å². The third-order valence-electron chi connectivity index (χ3n) is 8.03. The van der Waals surface area contributed by atoms with Crippen LogP contribution >= 0.6 is 34.8 Å². The molecule has 2 aliphatic carbocycles. The molecule has 6 unspecified atom stereocenters. The van der Waals surface area contributed by atoms with Crippen LogP contribution in [-0.4, -0.2) is 69.0 Å². The number of allylic oxidation sites excluding steroid dienone is 2. The summed E-state index contributed by atoms with van der Waals surface area (Å²) < 4.78 is 5.26. The summed E-state index contributed by atoms with van der Waals surface area (Å²) >= 11 is 20.4. The molecule has 35 heavy (non-hydrogen) atoms. The number of amides is 4. The maximum atomic E-state index is 13.5. The Morgan fingerprint density at radius 1 is 1.11 bits per heavy atom.